The molecule has 94 valence electrons. The second kappa shape index (κ2) is 5.18. The van der Waals surface area contributed by atoms with Crippen LogP contribution in [0, 0.1) is 6.92 Å². The number of nitrogens with one attached hydrogen (secondary N) is 1. The Balaban J connectivity index is 2.94. The Morgan fingerprint density at radius 1 is 1.41 bits per heavy atom. The summed E-state index contributed by atoms with van der Waals surface area (Å²) in [5, 5.41) is 2.39. The zero-order valence-corrected chi connectivity index (χ0v) is 10.7. The molecule has 0 fully saturated rings. The number of aryl methyl sites for hydroxylation is 1. The number of nitrogens with two attached hydrogens (primary N) is 1. The maximum absolute atomic E-state index is 12.0. The Morgan fingerprint density at radius 3 is 2.59 bits per heavy atom. The zero-order valence-electron chi connectivity index (χ0n) is 9.86. The van der Waals surface area contributed by atoms with Crippen molar-refractivity contribution in [2.45, 2.75) is 18.2 Å². The largest absolute Gasteiger partial charge is 0.399 e. The zero-order chi connectivity index (χ0) is 13.1. The van der Waals surface area contributed by atoms with E-state index in [1.54, 1.807) is 19.1 Å². The van der Waals surface area contributed by atoms with Gasteiger partial charge in [0.2, 0.25) is 5.91 Å². The van der Waals surface area contributed by atoms with Crippen LogP contribution >= 0.6 is 0 Å². The number of anilines is 1. The molecule has 0 radical (unpaired) electrons. The monoisotopic (exact) mass is 256 g/mol. The number of hydrogen-bond acceptors (Lipinski definition) is 4. The fourth-order valence-electron chi connectivity index (χ4n) is 1.48. The van der Waals surface area contributed by atoms with Crippen LogP contribution in [-0.2, 0) is 14.6 Å². The maximum atomic E-state index is 12.0. The van der Waals surface area contributed by atoms with E-state index in [0.717, 1.165) is 0 Å². The second-order valence-electron chi connectivity index (χ2n) is 3.77. The number of sulfone groups is 1. The van der Waals surface area contributed by atoms with Gasteiger partial charge in [-0.15, -0.1) is 0 Å². The van der Waals surface area contributed by atoms with Crippen molar-refractivity contribution in [2.75, 3.05) is 18.5 Å². The van der Waals surface area contributed by atoms with Gasteiger partial charge in [-0.1, -0.05) is 0 Å². The first-order valence-corrected chi connectivity index (χ1v) is 6.81. The normalized spacial score (nSPS) is 11.2. The predicted octanol–water partition coefficient (Wildman–Crippen LogP) is 0.487. The molecule has 0 bridgehead atoms. The smallest absolute Gasteiger partial charge is 0.220 e. The fraction of sp³-hybridized carbons (Fsp3) is 0.364. The standard InChI is InChI=1S/C11H16N2O3S/c1-8-7-9(12)3-4-10(8)17(15,16)6-5-11(14)13-2/h3-4,7H,5-6,12H2,1-2H3,(H,13,14). The van der Waals surface area contributed by atoms with Gasteiger partial charge in [-0.3, -0.25) is 4.79 Å². The molecule has 1 rings (SSSR count). The van der Waals surface area contributed by atoms with E-state index in [-0.39, 0.29) is 23.0 Å². The average Bonchev–Trinajstić information content (AvgIpc) is 2.25. The van der Waals surface area contributed by atoms with Crippen LogP contribution < -0.4 is 11.1 Å². The van der Waals surface area contributed by atoms with E-state index in [0.29, 0.717) is 11.3 Å². The molecule has 0 heterocycles. The van der Waals surface area contributed by atoms with Crippen molar-refractivity contribution in [3.05, 3.63) is 23.8 Å². The molecule has 5 nitrogen and oxygen atoms in total. The molecule has 0 aromatic heterocycles. The van der Waals surface area contributed by atoms with Crippen LogP contribution in [0.2, 0.25) is 0 Å². The Morgan fingerprint density at radius 2 is 2.06 bits per heavy atom. The minimum absolute atomic E-state index is 0.0390. The molecule has 0 saturated heterocycles. The molecular formula is C11H16N2O3S. The van der Waals surface area contributed by atoms with Gasteiger partial charge in [-0.25, -0.2) is 8.42 Å². The Kier molecular flexibility index (Phi) is 4.11. The molecule has 0 atom stereocenters. The third-order valence-electron chi connectivity index (χ3n) is 2.41. The van der Waals surface area contributed by atoms with Gasteiger partial charge in [0.05, 0.1) is 10.6 Å². The van der Waals surface area contributed by atoms with Crippen molar-refractivity contribution in [1.82, 2.24) is 5.32 Å². The van der Waals surface area contributed by atoms with Crippen molar-refractivity contribution in [1.29, 1.82) is 0 Å². The molecule has 1 aromatic rings. The summed E-state index contributed by atoms with van der Waals surface area (Å²) < 4.78 is 23.9. The van der Waals surface area contributed by atoms with Crippen LogP contribution in [0.15, 0.2) is 23.1 Å². The highest BCUT2D eigenvalue weighted by Crippen LogP contribution is 2.19. The molecule has 1 amide bonds. The molecule has 0 spiro atoms. The molecule has 0 aliphatic heterocycles. The molecule has 6 heteroatoms. The molecular weight excluding hydrogens is 240 g/mol. The number of nitrogen functional groups attached to an aromatic ring is 1. The lowest BCUT2D eigenvalue weighted by Gasteiger charge is -2.08. The summed E-state index contributed by atoms with van der Waals surface area (Å²) in [7, 11) is -1.95. The van der Waals surface area contributed by atoms with Crippen LogP contribution in [0.4, 0.5) is 5.69 Å². The van der Waals surface area contributed by atoms with Crippen LogP contribution in [0.3, 0.4) is 0 Å². The lowest BCUT2D eigenvalue weighted by Crippen LogP contribution is -2.21. The van der Waals surface area contributed by atoms with E-state index in [9.17, 15) is 13.2 Å². The van der Waals surface area contributed by atoms with E-state index in [4.69, 9.17) is 5.73 Å². The lowest BCUT2D eigenvalue weighted by atomic mass is 10.2. The number of rotatable bonds is 4. The van der Waals surface area contributed by atoms with Crippen molar-refractivity contribution < 1.29 is 13.2 Å². The van der Waals surface area contributed by atoms with E-state index in [1.165, 1.54) is 13.1 Å². The fourth-order valence-corrected chi connectivity index (χ4v) is 2.98. The van der Waals surface area contributed by atoms with E-state index in [2.05, 4.69) is 5.32 Å². The molecule has 17 heavy (non-hydrogen) atoms. The summed E-state index contributed by atoms with van der Waals surface area (Å²) in [4.78, 5) is 11.3. The van der Waals surface area contributed by atoms with Crippen LogP contribution in [0.25, 0.3) is 0 Å². The van der Waals surface area contributed by atoms with Gasteiger partial charge >= 0.3 is 0 Å². The SMILES string of the molecule is CNC(=O)CCS(=O)(=O)c1ccc(N)cc1C. The van der Waals surface area contributed by atoms with Crippen LogP contribution in [-0.4, -0.2) is 27.1 Å². The van der Waals surface area contributed by atoms with Crippen molar-refractivity contribution in [3.63, 3.8) is 0 Å². The highest BCUT2D eigenvalue weighted by Gasteiger charge is 2.18. The van der Waals surface area contributed by atoms with Crippen LogP contribution in [0.5, 0.6) is 0 Å². The number of carbonyl (C=O) groups excluding carboxylic acids is 1. The molecule has 3 N–H and O–H groups in total. The quantitative estimate of drug-likeness (QED) is 0.767. The highest BCUT2D eigenvalue weighted by molar-refractivity contribution is 7.91. The molecule has 0 aliphatic rings. The minimum Gasteiger partial charge on any atom is -0.399 e. The summed E-state index contributed by atoms with van der Waals surface area (Å²) >= 11 is 0. The number of hydrogen-bond donors (Lipinski definition) is 2. The molecule has 0 unspecified atom stereocenters. The lowest BCUT2D eigenvalue weighted by molar-refractivity contribution is -0.120. The third kappa shape index (κ3) is 3.45. The van der Waals surface area contributed by atoms with Gasteiger partial charge < -0.3 is 11.1 Å². The first kappa shape index (κ1) is 13.5. The Hall–Kier alpha value is -1.56. The topological polar surface area (TPSA) is 89.3 Å². The van der Waals surface area contributed by atoms with E-state index >= 15 is 0 Å². The van der Waals surface area contributed by atoms with Crippen molar-refractivity contribution >= 4 is 21.4 Å². The first-order chi connectivity index (χ1) is 7.86. The van der Waals surface area contributed by atoms with Gasteiger partial charge in [-0.2, -0.15) is 0 Å². The van der Waals surface area contributed by atoms with Gasteiger partial charge in [0.25, 0.3) is 0 Å². The Bertz CT molecular complexity index is 524. The van der Waals surface area contributed by atoms with Crippen molar-refractivity contribution in [2.24, 2.45) is 0 Å². The van der Waals surface area contributed by atoms with Gasteiger partial charge in [-0.05, 0) is 30.7 Å². The second-order valence-corrected chi connectivity index (χ2v) is 5.84. The maximum Gasteiger partial charge on any atom is 0.220 e. The summed E-state index contributed by atoms with van der Waals surface area (Å²) in [5.41, 5.74) is 6.68. The van der Waals surface area contributed by atoms with Gasteiger partial charge in [0, 0.05) is 19.2 Å². The van der Waals surface area contributed by atoms with Crippen LogP contribution in [0.1, 0.15) is 12.0 Å². The molecule has 0 saturated carbocycles. The van der Waals surface area contributed by atoms with Gasteiger partial charge in [0.15, 0.2) is 9.84 Å². The van der Waals surface area contributed by atoms with Crippen molar-refractivity contribution in [3.8, 4) is 0 Å². The Labute approximate surface area is 101 Å². The number of amides is 1. The van der Waals surface area contributed by atoms with E-state index < -0.39 is 9.84 Å². The minimum atomic E-state index is -3.43. The first-order valence-electron chi connectivity index (χ1n) is 5.16. The summed E-state index contributed by atoms with van der Waals surface area (Å²) in [5.74, 6) is -0.487. The molecule has 0 aliphatic carbocycles. The number of carbonyl (C=O) groups is 1. The number of benzene rings is 1. The third-order valence-corrected chi connectivity index (χ3v) is 4.28. The highest BCUT2D eigenvalue weighted by atomic mass is 32.2. The summed E-state index contributed by atoms with van der Waals surface area (Å²) in [6, 6.07) is 4.62. The molecule has 1 aromatic carbocycles. The van der Waals surface area contributed by atoms with Gasteiger partial charge in [0.1, 0.15) is 0 Å². The average molecular weight is 256 g/mol. The van der Waals surface area contributed by atoms with E-state index in [1.807, 2.05) is 0 Å². The predicted molar refractivity (Wildman–Crippen MR) is 66.3 cm³/mol. The summed E-state index contributed by atoms with van der Waals surface area (Å²) in [6.45, 7) is 1.68. The summed E-state index contributed by atoms with van der Waals surface area (Å²) in [6.07, 6.45) is -0.0390.